The molecule has 2 aromatic rings. The van der Waals surface area contributed by atoms with Crippen LogP contribution in [0.2, 0.25) is 0 Å². The molecule has 0 N–H and O–H groups in total. The highest BCUT2D eigenvalue weighted by Gasteiger charge is 2.16. The van der Waals surface area contributed by atoms with Crippen LogP contribution in [0.3, 0.4) is 0 Å². The van der Waals surface area contributed by atoms with Crippen molar-refractivity contribution in [1.82, 2.24) is 0 Å². The number of benzene rings is 1. The van der Waals surface area contributed by atoms with E-state index in [9.17, 15) is 4.39 Å². The van der Waals surface area contributed by atoms with E-state index in [0.717, 1.165) is 15.8 Å². The lowest BCUT2D eigenvalue weighted by atomic mass is 10.1. The molecule has 0 spiro atoms. The van der Waals surface area contributed by atoms with Crippen LogP contribution in [0.1, 0.15) is 27.1 Å². The first-order valence-electron chi connectivity index (χ1n) is 5.29. The van der Waals surface area contributed by atoms with Crippen LogP contribution < -0.4 is 0 Å². The number of hydrogen-bond acceptors (Lipinski definition) is 1. The van der Waals surface area contributed by atoms with Crippen LogP contribution in [-0.4, -0.2) is 0 Å². The number of alkyl halides is 1. The highest BCUT2D eigenvalue weighted by atomic mass is 79.9. The van der Waals surface area contributed by atoms with Crippen molar-refractivity contribution in [3.63, 3.8) is 0 Å². The van der Waals surface area contributed by atoms with Crippen LogP contribution in [0.5, 0.6) is 0 Å². The molecule has 2 rings (SSSR count). The van der Waals surface area contributed by atoms with Crippen molar-refractivity contribution < 1.29 is 4.39 Å². The van der Waals surface area contributed by atoms with E-state index in [0.29, 0.717) is 5.56 Å². The SMILES string of the molecule is CCc1ccc(C(Br)c2ccc(Br)cc2F)s1. The van der Waals surface area contributed by atoms with Gasteiger partial charge in [0, 0.05) is 19.8 Å². The van der Waals surface area contributed by atoms with Crippen LogP contribution in [0.15, 0.2) is 34.8 Å². The fraction of sp³-hybridized carbons (Fsp3) is 0.231. The van der Waals surface area contributed by atoms with E-state index < -0.39 is 0 Å². The number of halogens is 3. The Bertz CT molecular complexity index is 522. The summed E-state index contributed by atoms with van der Waals surface area (Å²) in [5, 5.41) is 0. The minimum Gasteiger partial charge on any atom is -0.207 e. The van der Waals surface area contributed by atoms with Gasteiger partial charge in [0.25, 0.3) is 0 Å². The predicted molar refractivity (Wildman–Crippen MR) is 78.6 cm³/mol. The summed E-state index contributed by atoms with van der Waals surface area (Å²) in [4.78, 5) is 2.39. The van der Waals surface area contributed by atoms with Crippen molar-refractivity contribution in [2.24, 2.45) is 0 Å². The van der Waals surface area contributed by atoms with Gasteiger partial charge in [0.2, 0.25) is 0 Å². The van der Waals surface area contributed by atoms with Crippen molar-refractivity contribution in [2.75, 3.05) is 0 Å². The van der Waals surface area contributed by atoms with Gasteiger partial charge in [-0.3, -0.25) is 0 Å². The van der Waals surface area contributed by atoms with Gasteiger partial charge >= 0.3 is 0 Å². The van der Waals surface area contributed by atoms with Gasteiger partial charge in [0.15, 0.2) is 0 Å². The summed E-state index contributed by atoms with van der Waals surface area (Å²) in [7, 11) is 0. The Morgan fingerprint density at radius 3 is 2.65 bits per heavy atom. The van der Waals surface area contributed by atoms with Crippen molar-refractivity contribution in [1.29, 1.82) is 0 Å². The summed E-state index contributed by atoms with van der Waals surface area (Å²) >= 11 is 8.55. The molecule has 0 nitrogen and oxygen atoms in total. The molecule has 1 heterocycles. The number of rotatable bonds is 3. The molecule has 0 saturated carbocycles. The normalized spacial score (nSPS) is 12.7. The Labute approximate surface area is 121 Å². The summed E-state index contributed by atoms with van der Waals surface area (Å²) in [6, 6.07) is 9.33. The molecule has 90 valence electrons. The molecule has 0 aliphatic rings. The molecule has 1 unspecified atom stereocenters. The fourth-order valence-corrected chi connectivity index (χ4v) is 3.67. The molecule has 0 amide bonds. The van der Waals surface area contributed by atoms with Gasteiger partial charge in [-0.05, 0) is 30.7 Å². The van der Waals surface area contributed by atoms with E-state index in [1.165, 1.54) is 10.9 Å². The van der Waals surface area contributed by atoms with Gasteiger partial charge < -0.3 is 0 Å². The summed E-state index contributed by atoms with van der Waals surface area (Å²) in [6.07, 6.45) is 1.02. The van der Waals surface area contributed by atoms with Crippen molar-refractivity contribution in [3.05, 3.63) is 55.9 Å². The second kappa shape index (κ2) is 5.63. The third kappa shape index (κ3) is 2.98. The molecule has 1 atom stereocenters. The maximum absolute atomic E-state index is 13.8. The minimum atomic E-state index is -0.187. The van der Waals surface area contributed by atoms with Crippen molar-refractivity contribution >= 4 is 43.2 Å². The highest BCUT2D eigenvalue weighted by Crippen LogP contribution is 2.37. The maximum atomic E-state index is 13.8. The second-order valence-electron chi connectivity index (χ2n) is 3.69. The molecule has 0 fully saturated rings. The van der Waals surface area contributed by atoms with Gasteiger partial charge in [-0.1, -0.05) is 44.8 Å². The lowest BCUT2D eigenvalue weighted by Crippen LogP contribution is -1.94. The quantitative estimate of drug-likeness (QED) is 0.602. The number of hydrogen-bond donors (Lipinski definition) is 0. The molecule has 0 bridgehead atoms. The zero-order valence-corrected chi connectivity index (χ0v) is 13.2. The van der Waals surface area contributed by atoms with Gasteiger partial charge in [0.1, 0.15) is 5.82 Å². The molecular formula is C13H11Br2FS. The predicted octanol–water partition coefficient (Wildman–Crippen LogP) is 5.70. The first-order valence-corrected chi connectivity index (χ1v) is 7.82. The Morgan fingerprint density at radius 1 is 1.29 bits per heavy atom. The van der Waals surface area contributed by atoms with Gasteiger partial charge in [-0.2, -0.15) is 0 Å². The van der Waals surface area contributed by atoms with Crippen LogP contribution in [-0.2, 0) is 6.42 Å². The summed E-state index contributed by atoms with van der Waals surface area (Å²) in [6.45, 7) is 2.12. The molecule has 4 heteroatoms. The lowest BCUT2D eigenvalue weighted by molar-refractivity contribution is 0.613. The third-order valence-corrected chi connectivity index (χ3v) is 5.59. The Hall–Kier alpha value is -0.190. The topological polar surface area (TPSA) is 0 Å². The molecule has 0 aliphatic carbocycles. The molecule has 1 aromatic carbocycles. The maximum Gasteiger partial charge on any atom is 0.129 e. The van der Waals surface area contributed by atoms with Crippen LogP contribution >= 0.6 is 43.2 Å². The van der Waals surface area contributed by atoms with Crippen LogP contribution in [0, 0.1) is 5.82 Å². The van der Waals surface area contributed by atoms with Gasteiger partial charge in [-0.15, -0.1) is 11.3 Å². The average Bonchev–Trinajstić information content (AvgIpc) is 2.76. The Balaban J connectivity index is 2.33. The highest BCUT2D eigenvalue weighted by molar-refractivity contribution is 9.10. The molecular weight excluding hydrogens is 367 g/mol. The van der Waals surface area contributed by atoms with E-state index >= 15 is 0 Å². The lowest BCUT2D eigenvalue weighted by Gasteiger charge is -2.09. The van der Waals surface area contributed by atoms with E-state index in [1.807, 2.05) is 12.1 Å². The van der Waals surface area contributed by atoms with E-state index in [4.69, 9.17) is 0 Å². The molecule has 0 saturated heterocycles. The minimum absolute atomic E-state index is 0.0686. The monoisotopic (exact) mass is 376 g/mol. The first kappa shape index (κ1) is 13.2. The Morgan fingerprint density at radius 2 is 2.06 bits per heavy atom. The van der Waals surface area contributed by atoms with Crippen LogP contribution in [0.4, 0.5) is 4.39 Å². The summed E-state index contributed by atoms with van der Waals surface area (Å²) < 4.78 is 14.6. The fourth-order valence-electron chi connectivity index (χ4n) is 1.58. The third-order valence-electron chi connectivity index (χ3n) is 2.52. The largest absolute Gasteiger partial charge is 0.207 e. The van der Waals surface area contributed by atoms with E-state index in [-0.39, 0.29) is 10.6 Å². The average molecular weight is 378 g/mol. The van der Waals surface area contributed by atoms with Crippen molar-refractivity contribution in [2.45, 2.75) is 18.2 Å². The van der Waals surface area contributed by atoms with E-state index in [2.05, 4.69) is 50.9 Å². The zero-order valence-electron chi connectivity index (χ0n) is 9.21. The summed E-state index contributed by atoms with van der Waals surface area (Å²) in [5.74, 6) is -0.187. The second-order valence-corrected chi connectivity index (χ2v) is 6.72. The van der Waals surface area contributed by atoms with E-state index in [1.54, 1.807) is 11.3 Å². The number of thiophene rings is 1. The van der Waals surface area contributed by atoms with Crippen molar-refractivity contribution in [3.8, 4) is 0 Å². The number of aryl methyl sites for hydroxylation is 1. The molecule has 0 aliphatic heterocycles. The molecule has 17 heavy (non-hydrogen) atoms. The Kier molecular flexibility index (Phi) is 4.39. The molecule has 1 aromatic heterocycles. The first-order chi connectivity index (χ1) is 8.11. The smallest absolute Gasteiger partial charge is 0.129 e. The molecule has 0 radical (unpaired) electrons. The zero-order chi connectivity index (χ0) is 12.4. The standard InChI is InChI=1S/C13H11Br2FS/c1-2-9-4-6-12(17-9)13(15)10-5-3-8(14)7-11(10)16/h3-7,13H,2H2,1H3. The van der Waals surface area contributed by atoms with Gasteiger partial charge in [0.05, 0.1) is 4.83 Å². The summed E-state index contributed by atoms with van der Waals surface area (Å²) in [5.41, 5.74) is 0.678. The van der Waals surface area contributed by atoms with Gasteiger partial charge in [-0.25, -0.2) is 4.39 Å². The van der Waals surface area contributed by atoms with Crippen LogP contribution in [0.25, 0.3) is 0 Å².